The number of benzene rings is 2. The Bertz CT molecular complexity index is 600. The Morgan fingerprint density at radius 3 is 2.84 bits per heavy atom. The van der Waals surface area contributed by atoms with Crippen molar-refractivity contribution in [3.63, 3.8) is 0 Å². The summed E-state index contributed by atoms with van der Waals surface area (Å²) in [5.74, 6) is 0.981. The highest BCUT2D eigenvalue weighted by Crippen LogP contribution is 2.30. The first-order valence-electron chi connectivity index (χ1n) is 6.25. The lowest BCUT2D eigenvalue weighted by molar-refractivity contribution is 0.331. The lowest BCUT2D eigenvalue weighted by Crippen LogP contribution is -2.26. The number of anilines is 2. The lowest BCUT2D eigenvalue weighted by Gasteiger charge is -2.23. The number of nitrogens with two attached hydrogens (primary N) is 1. The minimum Gasteiger partial charge on any atom is -0.491 e. The zero-order chi connectivity index (χ0) is 13.2. The summed E-state index contributed by atoms with van der Waals surface area (Å²) >= 11 is 2.28. The van der Waals surface area contributed by atoms with Gasteiger partial charge < -0.3 is 15.4 Å². The second-order valence-corrected chi connectivity index (χ2v) is 5.83. The molecule has 1 aliphatic rings. The van der Waals surface area contributed by atoms with Crippen LogP contribution in [0, 0.1) is 3.57 Å². The summed E-state index contributed by atoms with van der Waals surface area (Å²) in [7, 11) is 0. The standard InChI is InChI=1S/C15H15IN2O/c16-12-5-6-14(13(17)9-12)18-7-8-19-15-4-2-1-3-11(15)10-18/h1-6,9H,7-8,10,17H2. The molecule has 2 aromatic rings. The molecule has 0 atom stereocenters. The summed E-state index contributed by atoms with van der Waals surface area (Å²) in [5, 5.41) is 0. The monoisotopic (exact) mass is 366 g/mol. The molecule has 1 heterocycles. The predicted molar refractivity (Wildman–Crippen MR) is 86.6 cm³/mol. The van der Waals surface area contributed by atoms with Crippen molar-refractivity contribution in [1.29, 1.82) is 0 Å². The van der Waals surface area contributed by atoms with Gasteiger partial charge in [-0.1, -0.05) is 18.2 Å². The van der Waals surface area contributed by atoms with Crippen molar-refractivity contribution in [2.75, 3.05) is 23.8 Å². The van der Waals surface area contributed by atoms with Gasteiger partial charge in [-0.3, -0.25) is 0 Å². The molecule has 0 amide bonds. The fraction of sp³-hybridized carbons (Fsp3) is 0.200. The van der Waals surface area contributed by atoms with Gasteiger partial charge in [0.05, 0.1) is 17.9 Å². The van der Waals surface area contributed by atoms with Crippen LogP contribution in [0.2, 0.25) is 0 Å². The van der Waals surface area contributed by atoms with Crippen LogP contribution in [0.1, 0.15) is 5.56 Å². The van der Waals surface area contributed by atoms with Crippen molar-refractivity contribution in [3.8, 4) is 5.75 Å². The minimum atomic E-state index is 0.683. The van der Waals surface area contributed by atoms with Crippen LogP contribution in [-0.2, 0) is 6.54 Å². The van der Waals surface area contributed by atoms with Crippen molar-refractivity contribution in [1.82, 2.24) is 0 Å². The molecule has 2 N–H and O–H groups in total. The molecule has 3 nitrogen and oxygen atoms in total. The summed E-state index contributed by atoms with van der Waals surface area (Å²) in [6.07, 6.45) is 0. The number of hydrogen-bond acceptors (Lipinski definition) is 3. The molecule has 2 aromatic carbocycles. The normalized spacial score (nSPS) is 14.5. The van der Waals surface area contributed by atoms with Crippen molar-refractivity contribution in [3.05, 3.63) is 51.6 Å². The molecule has 0 spiro atoms. The molecular weight excluding hydrogens is 351 g/mol. The number of rotatable bonds is 1. The minimum absolute atomic E-state index is 0.683. The number of hydrogen-bond donors (Lipinski definition) is 1. The van der Waals surface area contributed by atoms with Gasteiger partial charge in [-0.15, -0.1) is 0 Å². The summed E-state index contributed by atoms with van der Waals surface area (Å²) in [5.41, 5.74) is 9.25. The SMILES string of the molecule is Nc1cc(I)ccc1N1CCOc2ccccc2C1. The fourth-order valence-electron chi connectivity index (χ4n) is 2.34. The zero-order valence-electron chi connectivity index (χ0n) is 10.5. The number of nitrogen functional groups attached to an aromatic ring is 1. The van der Waals surface area contributed by atoms with Gasteiger partial charge >= 0.3 is 0 Å². The Kier molecular flexibility index (Phi) is 3.50. The molecule has 0 aliphatic carbocycles. The summed E-state index contributed by atoms with van der Waals surface area (Å²) < 4.78 is 6.94. The van der Waals surface area contributed by atoms with E-state index in [9.17, 15) is 0 Å². The van der Waals surface area contributed by atoms with Crippen LogP contribution in [0.5, 0.6) is 5.75 Å². The zero-order valence-corrected chi connectivity index (χ0v) is 12.6. The van der Waals surface area contributed by atoms with Crippen LogP contribution in [0.15, 0.2) is 42.5 Å². The first-order valence-corrected chi connectivity index (χ1v) is 7.32. The number of halogens is 1. The third-order valence-corrected chi connectivity index (χ3v) is 3.95. The molecule has 0 fully saturated rings. The van der Waals surface area contributed by atoms with E-state index in [1.54, 1.807) is 0 Å². The predicted octanol–water partition coefficient (Wildman–Crippen LogP) is 3.27. The Morgan fingerprint density at radius 2 is 2.00 bits per heavy atom. The Labute approximate surface area is 126 Å². The van der Waals surface area contributed by atoms with E-state index in [0.717, 1.165) is 33.8 Å². The summed E-state index contributed by atoms with van der Waals surface area (Å²) in [4.78, 5) is 2.28. The molecule has 4 heteroatoms. The van der Waals surface area contributed by atoms with Gasteiger partial charge in [0.15, 0.2) is 0 Å². The van der Waals surface area contributed by atoms with E-state index < -0.39 is 0 Å². The first-order chi connectivity index (χ1) is 9.24. The highest BCUT2D eigenvalue weighted by Gasteiger charge is 2.16. The van der Waals surface area contributed by atoms with E-state index in [2.05, 4.69) is 45.7 Å². The molecule has 98 valence electrons. The van der Waals surface area contributed by atoms with E-state index in [0.29, 0.717) is 6.61 Å². The highest BCUT2D eigenvalue weighted by molar-refractivity contribution is 14.1. The topological polar surface area (TPSA) is 38.5 Å². The molecule has 19 heavy (non-hydrogen) atoms. The molecule has 0 radical (unpaired) electrons. The van der Waals surface area contributed by atoms with Gasteiger partial charge in [0.2, 0.25) is 0 Å². The highest BCUT2D eigenvalue weighted by atomic mass is 127. The third-order valence-electron chi connectivity index (χ3n) is 3.28. The fourth-order valence-corrected chi connectivity index (χ4v) is 2.86. The molecule has 0 saturated heterocycles. The van der Waals surface area contributed by atoms with E-state index in [4.69, 9.17) is 10.5 Å². The molecule has 0 saturated carbocycles. The molecular formula is C15H15IN2O. The van der Waals surface area contributed by atoms with Crippen LogP contribution < -0.4 is 15.4 Å². The molecule has 0 bridgehead atoms. The second kappa shape index (κ2) is 5.28. The Hall–Kier alpha value is -1.43. The van der Waals surface area contributed by atoms with Crippen LogP contribution in [0.3, 0.4) is 0 Å². The smallest absolute Gasteiger partial charge is 0.124 e. The van der Waals surface area contributed by atoms with Gasteiger partial charge in [0, 0.05) is 15.7 Å². The van der Waals surface area contributed by atoms with E-state index in [1.165, 1.54) is 5.56 Å². The lowest BCUT2D eigenvalue weighted by atomic mass is 10.1. The maximum atomic E-state index is 6.14. The van der Waals surface area contributed by atoms with Crippen LogP contribution in [0.25, 0.3) is 0 Å². The molecule has 0 unspecified atom stereocenters. The molecule has 0 aromatic heterocycles. The number of fused-ring (bicyclic) bond motifs is 1. The van der Waals surface area contributed by atoms with Gasteiger partial charge in [-0.2, -0.15) is 0 Å². The average molecular weight is 366 g/mol. The van der Waals surface area contributed by atoms with E-state index in [1.807, 2.05) is 24.3 Å². The van der Waals surface area contributed by atoms with Crippen LogP contribution in [0.4, 0.5) is 11.4 Å². The van der Waals surface area contributed by atoms with Crippen LogP contribution in [-0.4, -0.2) is 13.2 Å². The van der Waals surface area contributed by atoms with Crippen molar-refractivity contribution in [2.45, 2.75) is 6.54 Å². The van der Waals surface area contributed by atoms with Gasteiger partial charge in [-0.05, 0) is 46.9 Å². The van der Waals surface area contributed by atoms with Gasteiger partial charge in [-0.25, -0.2) is 0 Å². The van der Waals surface area contributed by atoms with E-state index in [-0.39, 0.29) is 0 Å². The average Bonchev–Trinajstić information content (AvgIpc) is 2.60. The van der Waals surface area contributed by atoms with Gasteiger partial charge in [0.1, 0.15) is 12.4 Å². The summed E-state index contributed by atoms with van der Waals surface area (Å²) in [6.45, 7) is 2.36. The van der Waals surface area contributed by atoms with Crippen molar-refractivity contribution in [2.24, 2.45) is 0 Å². The number of nitrogens with zero attached hydrogens (tertiary/aromatic N) is 1. The molecule has 3 rings (SSSR count). The van der Waals surface area contributed by atoms with Crippen molar-refractivity contribution < 1.29 is 4.74 Å². The Morgan fingerprint density at radius 1 is 1.16 bits per heavy atom. The largest absolute Gasteiger partial charge is 0.491 e. The third kappa shape index (κ3) is 2.63. The Balaban J connectivity index is 1.94. The van der Waals surface area contributed by atoms with Crippen molar-refractivity contribution >= 4 is 34.0 Å². The van der Waals surface area contributed by atoms with Crippen LogP contribution >= 0.6 is 22.6 Å². The van der Waals surface area contributed by atoms with Gasteiger partial charge in [0.25, 0.3) is 0 Å². The number of para-hydroxylation sites is 1. The quantitative estimate of drug-likeness (QED) is 0.622. The van der Waals surface area contributed by atoms with E-state index >= 15 is 0 Å². The maximum Gasteiger partial charge on any atom is 0.124 e. The number of ether oxygens (including phenoxy) is 1. The first kappa shape index (κ1) is 12.6. The maximum absolute atomic E-state index is 6.14. The summed E-state index contributed by atoms with van der Waals surface area (Å²) in [6, 6.07) is 14.4. The second-order valence-electron chi connectivity index (χ2n) is 4.58. The molecule has 1 aliphatic heterocycles.